The highest BCUT2D eigenvalue weighted by Gasteiger charge is 2.40. The Kier molecular flexibility index (Phi) is 4.17. The average Bonchev–Trinajstić information content (AvgIpc) is 3.26. The molecule has 2 aliphatic rings. The molecular weight excluding hydrogens is 459 g/mol. The second kappa shape index (κ2) is 7.06. The lowest BCUT2D eigenvalue weighted by Crippen LogP contribution is -2.32. The van der Waals surface area contributed by atoms with Crippen molar-refractivity contribution in [1.82, 2.24) is 14.8 Å². The van der Waals surface area contributed by atoms with Gasteiger partial charge >= 0.3 is 0 Å². The predicted molar refractivity (Wildman–Crippen MR) is 119 cm³/mol. The van der Waals surface area contributed by atoms with Crippen molar-refractivity contribution in [1.29, 1.82) is 0 Å². The maximum Gasteiger partial charge on any atom is 0.226 e. The van der Waals surface area contributed by atoms with Gasteiger partial charge in [-0.3, -0.25) is 0 Å². The van der Waals surface area contributed by atoms with E-state index in [-0.39, 0.29) is 18.0 Å². The monoisotopic (exact) mass is 474 g/mol. The van der Waals surface area contributed by atoms with Gasteiger partial charge in [0.1, 0.15) is 30.0 Å². The van der Waals surface area contributed by atoms with Crippen LogP contribution in [0, 0.1) is 5.82 Å². The van der Waals surface area contributed by atoms with E-state index in [1.807, 2.05) is 47.1 Å². The van der Waals surface area contributed by atoms with Crippen LogP contribution < -0.4 is 10.1 Å². The summed E-state index contributed by atoms with van der Waals surface area (Å²) in [7, 11) is 0. The Morgan fingerprint density at radius 3 is 2.65 bits per heavy atom. The molecule has 7 heteroatoms. The minimum absolute atomic E-state index is 0.278. The Balaban J connectivity index is 1.63. The van der Waals surface area contributed by atoms with Gasteiger partial charge in [-0.05, 0) is 47.5 Å². The highest BCUT2D eigenvalue weighted by molar-refractivity contribution is 9.10. The number of benzene rings is 3. The van der Waals surface area contributed by atoms with E-state index >= 15 is 0 Å². The van der Waals surface area contributed by atoms with Gasteiger partial charge in [-0.15, -0.1) is 0 Å². The molecule has 4 aromatic rings. The molecule has 0 radical (unpaired) electrons. The lowest BCUT2D eigenvalue weighted by atomic mass is 9.84. The van der Waals surface area contributed by atoms with E-state index in [9.17, 15) is 4.39 Å². The molecule has 0 amide bonds. The largest absolute Gasteiger partial charge is 0.480 e. The zero-order valence-corrected chi connectivity index (χ0v) is 17.8. The van der Waals surface area contributed by atoms with Gasteiger partial charge in [-0.25, -0.2) is 9.07 Å². The molecule has 0 saturated carbocycles. The van der Waals surface area contributed by atoms with Crippen molar-refractivity contribution < 1.29 is 9.13 Å². The van der Waals surface area contributed by atoms with E-state index in [1.54, 1.807) is 12.1 Å². The number of aromatic nitrogens is 3. The fourth-order valence-corrected chi connectivity index (χ4v) is 4.74. The van der Waals surface area contributed by atoms with Crippen LogP contribution in [0.3, 0.4) is 0 Å². The molecule has 0 spiro atoms. The van der Waals surface area contributed by atoms with E-state index in [4.69, 9.17) is 4.74 Å². The number of fused-ring (bicyclic) bond motifs is 3. The van der Waals surface area contributed by atoms with Gasteiger partial charge in [0.25, 0.3) is 0 Å². The summed E-state index contributed by atoms with van der Waals surface area (Å²) in [4.78, 5) is 4.41. The summed E-state index contributed by atoms with van der Waals surface area (Å²) in [6, 6.07) is 22.3. The first kappa shape index (κ1) is 18.3. The van der Waals surface area contributed by atoms with Crippen molar-refractivity contribution in [2.45, 2.75) is 12.1 Å². The molecule has 0 unspecified atom stereocenters. The summed E-state index contributed by atoms with van der Waals surface area (Å²) < 4.78 is 23.1. The maximum absolute atomic E-state index is 13.7. The Hall–Kier alpha value is -3.45. The highest BCUT2D eigenvalue weighted by atomic mass is 79.9. The minimum Gasteiger partial charge on any atom is -0.480 e. The number of halogens is 2. The molecule has 3 heterocycles. The van der Waals surface area contributed by atoms with E-state index in [2.05, 4.69) is 37.4 Å². The van der Waals surface area contributed by atoms with Crippen molar-refractivity contribution in [2.24, 2.45) is 0 Å². The van der Waals surface area contributed by atoms with Crippen LogP contribution >= 0.6 is 15.9 Å². The third-order valence-electron chi connectivity index (χ3n) is 5.66. The second-order valence-electron chi connectivity index (χ2n) is 7.49. The molecule has 0 bridgehead atoms. The van der Waals surface area contributed by atoms with Crippen molar-refractivity contribution in [3.8, 4) is 5.75 Å². The Morgan fingerprint density at radius 1 is 0.968 bits per heavy atom. The second-order valence-corrected chi connectivity index (χ2v) is 8.40. The molecule has 1 aromatic heterocycles. The van der Waals surface area contributed by atoms with Crippen LogP contribution in [-0.4, -0.2) is 14.8 Å². The Bertz CT molecular complexity index is 1330. The van der Waals surface area contributed by atoms with Gasteiger partial charge in [-0.1, -0.05) is 52.3 Å². The zero-order chi connectivity index (χ0) is 20.9. The lowest BCUT2D eigenvalue weighted by Gasteiger charge is -2.39. The number of anilines is 1. The number of rotatable bonds is 2. The summed E-state index contributed by atoms with van der Waals surface area (Å²) in [5.41, 5.74) is 4.83. The Morgan fingerprint density at radius 2 is 1.81 bits per heavy atom. The average molecular weight is 475 g/mol. The van der Waals surface area contributed by atoms with Crippen LogP contribution in [-0.2, 0) is 0 Å². The molecule has 31 heavy (non-hydrogen) atoms. The molecule has 1 N–H and O–H groups in total. The standard InChI is InChI=1S/C24H16BrFN4O/c25-16-5-3-4-15(12-16)23-20-21(18-6-1-2-7-19(18)31-23)29-24-27-13-28-30(24)22(20)14-8-10-17(26)11-9-14/h1-13,22-23H,(H,27,28,29)/t22-,23-/m1/s1. The minimum atomic E-state index is -0.359. The van der Waals surface area contributed by atoms with Crippen molar-refractivity contribution >= 4 is 27.6 Å². The van der Waals surface area contributed by atoms with Crippen LogP contribution in [0.25, 0.3) is 5.70 Å². The molecule has 2 atom stereocenters. The van der Waals surface area contributed by atoms with Crippen LogP contribution in [0.5, 0.6) is 5.75 Å². The lowest BCUT2D eigenvalue weighted by molar-refractivity contribution is 0.223. The van der Waals surface area contributed by atoms with Gasteiger partial charge in [0.2, 0.25) is 5.95 Å². The quantitative estimate of drug-likeness (QED) is 0.402. The molecule has 2 aliphatic heterocycles. The molecule has 6 rings (SSSR count). The summed E-state index contributed by atoms with van der Waals surface area (Å²) >= 11 is 3.58. The van der Waals surface area contributed by atoms with Gasteiger partial charge in [0, 0.05) is 15.6 Å². The normalized spacial score (nSPS) is 19.0. The summed E-state index contributed by atoms with van der Waals surface area (Å²) in [5, 5.41) is 7.94. The van der Waals surface area contributed by atoms with Crippen molar-refractivity contribution in [2.75, 3.05) is 5.32 Å². The molecule has 0 fully saturated rings. The number of hydrogen-bond donors (Lipinski definition) is 1. The third kappa shape index (κ3) is 2.96. The highest BCUT2D eigenvalue weighted by Crippen LogP contribution is 2.50. The summed E-state index contributed by atoms with van der Waals surface area (Å²) in [5.74, 6) is 1.15. The smallest absolute Gasteiger partial charge is 0.226 e. The molecule has 0 saturated heterocycles. The predicted octanol–water partition coefficient (Wildman–Crippen LogP) is 5.74. The molecule has 0 aliphatic carbocycles. The van der Waals surface area contributed by atoms with Gasteiger partial charge in [0.15, 0.2) is 0 Å². The molecular formula is C24H16BrFN4O. The first-order valence-electron chi connectivity index (χ1n) is 9.86. The number of ether oxygens (including phenoxy) is 1. The third-order valence-corrected chi connectivity index (χ3v) is 6.15. The number of para-hydroxylation sites is 1. The fraction of sp³-hybridized carbons (Fsp3) is 0.0833. The van der Waals surface area contributed by atoms with Gasteiger partial charge < -0.3 is 10.1 Å². The van der Waals surface area contributed by atoms with Crippen LogP contribution in [0.1, 0.15) is 28.8 Å². The van der Waals surface area contributed by atoms with E-state index in [1.165, 1.54) is 18.5 Å². The van der Waals surface area contributed by atoms with Crippen molar-refractivity contribution in [3.63, 3.8) is 0 Å². The van der Waals surface area contributed by atoms with Crippen LogP contribution in [0.2, 0.25) is 0 Å². The first-order chi connectivity index (χ1) is 15.2. The van der Waals surface area contributed by atoms with Crippen LogP contribution in [0.15, 0.2) is 89.2 Å². The van der Waals surface area contributed by atoms with E-state index in [0.29, 0.717) is 5.95 Å². The molecule has 5 nitrogen and oxygen atoms in total. The fourth-order valence-electron chi connectivity index (χ4n) is 4.33. The van der Waals surface area contributed by atoms with Gasteiger partial charge in [0.05, 0.1) is 5.70 Å². The first-order valence-corrected chi connectivity index (χ1v) is 10.7. The van der Waals surface area contributed by atoms with E-state index < -0.39 is 0 Å². The van der Waals surface area contributed by atoms with E-state index in [0.717, 1.165) is 38.2 Å². The molecule has 152 valence electrons. The topological polar surface area (TPSA) is 52.0 Å². The zero-order valence-electron chi connectivity index (χ0n) is 16.2. The summed E-state index contributed by atoms with van der Waals surface area (Å²) in [6.45, 7) is 0. The van der Waals surface area contributed by atoms with Crippen molar-refractivity contribution in [3.05, 3.63) is 112 Å². The maximum atomic E-state index is 13.7. The number of hydrogen-bond acceptors (Lipinski definition) is 4. The summed E-state index contributed by atoms with van der Waals surface area (Å²) in [6.07, 6.45) is 1.17. The molecule has 3 aromatic carbocycles. The number of nitrogens with one attached hydrogen (secondary N) is 1. The SMILES string of the molecule is Fc1ccc([C@@H]2C3=C(Nc4ncnn42)c2ccccc2O[C@@H]3c2cccc(Br)c2)cc1. The van der Waals surface area contributed by atoms with Crippen LogP contribution in [0.4, 0.5) is 10.3 Å². The van der Waals surface area contributed by atoms with Gasteiger partial charge in [-0.2, -0.15) is 10.1 Å². The number of nitrogens with zero attached hydrogens (tertiary/aromatic N) is 3. The Labute approximate surface area is 186 Å².